The van der Waals surface area contributed by atoms with E-state index >= 15 is 0 Å². The van der Waals surface area contributed by atoms with Crippen LogP contribution in [0.1, 0.15) is 49.4 Å². The summed E-state index contributed by atoms with van der Waals surface area (Å²) in [4.78, 5) is 20.0. The molecule has 148 valence electrons. The fourth-order valence-electron chi connectivity index (χ4n) is 3.95. The summed E-state index contributed by atoms with van der Waals surface area (Å²) >= 11 is 1.44. The zero-order chi connectivity index (χ0) is 19.7. The Morgan fingerprint density at radius 1 is 1.25 bits per heavy atom. The van der Waals surface area contributed by atoms with Crippen LogP contribution < -0.4 is 5.43 Å². The number of aromatic nitrogens is 1. The molecule has 2 aromatic heterocycles. The van der Waals surface area contributed by atoms with Gasteiger partial charge in [-0.15, -0.1) is 11.3 Å². The summed E-state index contributed by atoms with van der Waals surface area (Å²) in [5.41, 5.74) is 3.32. The lowest BCUT2D eigenvalue weighted by atomic mass is 10.0. The van der Waals surface area contributed by atoms with Gasteiger partial charge in [0.2, 0.25) is 5.43 Å². The van der Waals surface area contributed by atoms with Gasteiger partial charge in [-0.1, -0.05) is 19.8 Å². The summed E-state index contributed by atoms with van der Waals surface area (Å²) in [6, 6.07) is 1.78. The second-order valence-corrected chi connectivity index (χ2v) is 8.41. The molecule has 0 spiro atoms. The molecule has 5 nitrogen and oxygen atoms in total. The first-order valence-corrected chi connectivity index (χ1v) is 10.9. The van der Waals surface area contributed by atoms with Crippen molar-refractivity contribution in [3.63, 3.8) is 0 Å². The molecule has 1 fully saturated rings. The zero-order valence-corrected chi connectivity index (χ0v) is 17.3. The van der Waals surface area contributed by atoms with Crippen molar-refractivity contribution in [1.82, 2.24) is 9.88 Å². The highest BCUT2D eigenvalue weighted by atomic mass is 32.1. The van der Waals surface area contributed by atoms with Crippen molar-refractivity contribution < 1.29 is 9.52 Å². The highest BCUT2D eigenvalue weighted by Crippen LogP contribution is 2.33. The number of benzene rings is 1. The van der Waals surface area contributed by atoms with Crippen LogP contribution in [0.2, 0.25) is 0 Å². The number of hydrogen-bond donors (Lipinski definition) is 1. The number of fused-ring (bicyclic) bond motifs is 1. The SMILES string of the molecule is CCc1cc2c(=O)c(-c3nc(C)cs3)coc2c(CN2CCCCCC2)c1O. The van der Waals surface area contributed by atoms with Crippen molar-refractivity contribution in [1.29, 1.82) is 0 Å². The number of thiazole rings is 1. The van der Waals surface area contributed by atoms with Gasteiger partial charge < -0.3 is 9.52 Å². The van der Waals surface area contributed by atoms with Crippen LogP contribution in [0, 0.1) is 6.92 Å². The van der Waals surface area contributed by atoms with E-state index in [0.717, 1.165) is 29.9 Å². The van der Waals surface area contributed by atoms with Crippen LogP contribution >= 0.6 is 11.3 Å². The molecule has 0 unspecified atom stereocenters. The molecule has 6 heteroatoms. The molecule has 3 aromatic rings. The molecule has 1 aliphatic heterocycles. The van der Waals surface area contributed by atoms with E-state index < -0.39 is 0 Å². The van der Waals surface area contributed by atoms with Gasteiger partial charge in [0, 0.05) is 17.6 Å². The minimum absolute atomic E-state index is 0.0811. The van der Waals surface area contributed by atoms with E-state index in [2.05, 4.69) is 9.88 Å². The van der Waals surface area contributed by atoms with Crippen LogP contribution in [0.25, 0.3) is 21.5 Å². The van der Waals surface area contributed by atoms with E-state index in [-0.39, 0.29) is 11.2 Å². The Labute approximate surface area is 168 Å². The van der Waals surface area contributed by atoms with Gasteiger partial charge in [-0.25, -0.2) is 4.98 Å². The van der Waals surface area contributed by atoms with Crippen LogP contribution in [0.15, 0.2) is 26.9 Å². The third-order valence-corrected chi connectivity index (χ3v) is 6.52. The molecule has 3 heterocycles. The fraction of sp³-hybridized carbons (Fsp3) is 0.455. The Bertz CT molecular complexity index is 1050. The number of aromatic hydroxyl groups is 1. The van der Waals surface area contributed by atoms with Crippen LogP contribution in [0.4, 0.5) is 0 Å². The maximum absolute atomic E-state index is 13.2. The van der Waals surface area contributed by atoms with Gasteiger partial charge in [-0.2, -0.15) is 0 Å². The molecular weight excluding hydrogens is 372 g/mol. The maximum Gasteiger partial charge on any atom is 0.202 e. The Morgan fingerprint density at radius 2 is 2.00 bits per heavy atom. The van der Waals surface area contributed by atoms with Gasteiger partial charge in [0.1, 0.15) is 22.6 Å². The third kappa shape index (κ3) is 3.59. The van der Waals surface area contributed by atoms with Crippen LogP contribution in [0.3, 0.4) is 0 Å². The van der Waals surface area contributed by atoms with E-state index in [9.17, 15) is 9.90 Å². The van der Waals surface area contributed by atoms with Gasteiger partial charge in [0.25, 0.3) is 0 Å². The van der Waals surface area contributed by atoms with Gasteiger partial charge in [-0.3, -0.25) is 9.69 Å². The molecular formula is C22H26N2O3S. The number of hydrogen-bond acceptors (Lipinski definition) is 6. The highest BCUT2D eigenvalue weighted by Gasteiger charge is 2.21. The lowest BCUT2D eigenvalue weighted by Crippen LogP contribution is -2.24. The third-order valence-electron chi connectivity index (χ3n) is 5.52. The average Bonchev–Trinajstić information content (AvgIpc) is 2.96. The van der Waals surface area contributed by atoms with Crippen molar-refractivity contribution in [3.8, 4) is 16.3 Å². The summed E-state index contributed by atoms with van der Waals surface area (Å²) in [6.45, 7) is 6.53. The standard InChI is InChI=1S/C22H26N2O3S/c1-3-15-10-16-20(26)18(22-23-14(2)13-28-22)12-27-21(16)17(19(15)25)11-24-8-6-4-5-7-9-24/h10,12-13,25H,3-9,11H2,1-2H3. The summed E-state index contributed by atoms with van der Waals surface area (Å²) in [7, 11) is 0. The molecule has 0 aliphatic carbocycles. The van der Waals surface area contributed by atoms with Crippen molar-refractivity contribution in [2.75, 3.05) is 13.1 Å². The van der Waals surface area contributed by atoms with Gasteiger partial charge in [0.15, 0.2) is 0 Å². The number of phenolic OH excluding ortho intramolecular Hbond substituents is 1. The van der Waals surface area contributed by atoms with Crippen molar-refractivity contribution >= 4 is 22.3 Å². The molecule has 1 saturated heterocycles. The van der Waals surface area contributed by atoms with E-state index in [4.69, 9.17) is 4.42 Å². The molecule has 1 aliphatic rings. The van der Waals surface area contributed by atoms with Crippen LogP contribution in [0.5, 0.6) is 5.75 Å². The van der Waals surface area contributed by atoms with Crippen molar-refractivity contribution in [2.45, 2.75) is 52.5 Å². The number of nitrogens with zero attached hydrogens (tertiary/aromatic N) is 2. The van der Waals surface area contributed by atoms with E-state index in [0.29, 0.717) is 34.5 Å². The molecule has 1 aromatic carbocycles. The normalized spacial score (nSPS) is 15.8. The predicted octanol–water partition coefficient (Wildman–Crippen LogP) is 4.87. The Hall–Kier alpha value is -2.18. The molecule has 0 amide bonds. The quantitative estimate of drug-likeness (QED) is 0.679. The lowest BCUT2D eigenvalue weighted by molar-refractivity contribution is 0.272. The smallest absolute Gasteiger partial charge is 0.202 e. The molecule has 1 N–H and O–H groups in total. The Kier molecular flexibility index (Phi) is 5.51. The molecule has 28 heavy (non-hydrogen) atoms. The molecule has 4 rings (SSSR count). The average molecular weight is 399 g/mol. The topological polar surface area (TPSA) is 66.6 Å². The van der Waals surface area contributed by atoms with Gasteiger partial charge >= 0.3 is 0 Å². The van der Waals surface area contributed by atoms with Crippen molar-refractivity contribution in [3.05, 3.63) is 44.8 Å². The lowest BCUT2D eigenvalue weighted by Gasteiger charge is -2.22. The second kappa shape index (κ2) is 8.05. The summed E-state index contributed by atoms with van der Waals surface area (Å²) in [6.07, 6.45) is 7.01. The maximum atomic E-state index is 13.2. The van der Waals surface area contributed by atoms with Crippen LogP contribution in [-0.4, -0.2) is 28.1 Å². The molecule has 0 saturated carbocycles. The van der Waals surface area contributed by atoms with Crippen molar-refractivity contribution in [2.24, 2.45) is 0 Å². The predicted molar refractivity (Wildman–Crippen MR) is 113 cm³/mol. The monoisotopic (exact) mass is 398 g/mol. The van der Waals surface area contributed by atoms with Gasteiger partial charge in [-0.05, 0) is 50.9 Å². The van der Waals surface area contributed by atoms with Gasteiger partial charge in [0.05, 0.1) is 16.5 Å². The van der Waals surface area contributed by atoms with Crippen LogP contribution in [-0.2, 0) is 13.0 Å². The fourth-order valence-corrected chi connectivity index (χ4v) is 4.75. The Morgan fingerprint density at radius 3 is 2.64 bits per heavy atom. The minimum atomic E-state index is -0.0811. The van der Waals surface area contributed by atoms with E-state index in [1.165, 1.54) is 43.3 Å². The number of phenols is 1. The summed E-state index contributed by atoms with van der Waals surface area (Å²) in [5, 5.41) is 14.0. The number of aryl methyl sites for hydroxylation is 2. The largest absolute Gasteiger partial charge is 0.507 e. The first kappa shape index (κ1) is 19.2. The number of likely N-dealkylation sites (tertiary alicyclic amines) is 1. The minimum Gasteiger partial charge on any atom is -0.507 e. The molecule has 0 radical (unpaired) electrons. The Balaban J connectivity index is 1.85. The number of rotatable bonds is 4. The summed E-state index contributed by atoms with van der Waals surface area (Å²) < 4.78 is 5.95. The summed E-state index contributed by atoms with van der Waals surface area (Å²) in [5.74, 6) is 0.264. The van der Waals surface area contributed by atoms with E-state index in [1.54, 1.807) is 6.07 Å². The zero-order valence-electron chi connectivity index (χ0n) is 16.5. The molecule has 0 atom stereocenters. The van der Waals surface area contributed by atoms with E-state index in [1.807, 2.05) is 19.2 Å². The highest BCUT2D eigenvalue weighted by molar-refractivity contribution is 7.13. The molecule has 0 bridgehead atoms. The first-order chi connectivity index (χ1) is 13.6. The second-order valence-electron chi connectivity index (χ2n) is 7.56. The first-order valence-electron chi connectivity index (χ1n) is 10.0.